The molecule has 0 saturated heterocycles. The van der Waals surface area contributed by atoms with E-state index in [0.717, 1.165) is 4.24 Å². The molecule has 0 aromatic heterocycles. The lowest BCUT2D eigenvalue weighted by molar-refractivity contribution is -0.104. The van der Waals surface area contributed by atoms with Gasteiger partial charge in [0.25, 0.3) is 0 Å². The minimum absolute atomic E-state index is 0.214. The van der Waals surface area contributed by atoms with Crippen molar-refractivity contribution in [1.82, 2.24) is 0 Å². The molecule has 0 fully saturated rings. The third-order valence-corrected chi connectivity index (χ3v) is 4.17. The van der Waals surface area contributed by atoms with Gasteiger partial charge >= 0.3 is 0 Å². The molecule has 0 spiro atoms. The van der Waals surface area contributed by atoms with Gasteiger partial charge in [-0.05, 0) is 12.5 Å². The Kier molecular flexibility index (Phi) is 5.35. The van der Waals surface area contributed by atoms with Crippen LogP contribution in [0.25, 0.3) is 0 Å². The topological polar surface area (TPSA) is 34.1 Å². The first-order chi connectivity index (χ1) is 7.74. The molecule has 1 rings (SSSR count). The molecule has 0 unspecified atom stereocenters. The second-order valence-corrected chi connectivity index (χ2v) is 4.81. The van der Waals surface area contributed by atoms with Gasteiger partial charge in [-0.1, -0.05) is 30.3 Å². The summed E-state index contributed by atoms with van der Waals surface area (Å²) in [7, 11) is 0. The van der Waals surface area contributed by atoms with Crippen LogP contribution in [-0.2, 0) is 4.79 Å². The van der Waals surface area contributed by atoms with Gasteiger partial charge in [-0.25, -0.2) is 0 Å². The molecule has 0 atom stereocenters. The highest BCUT2D eigenvalue weighted by Gasteiger charge is 2.15. The number of hydrogen-bond donors (Lipinski definition) is 0. The lowest BCUT2D eigenvalue weighted by Gasteiger charge is -2.05. The van der Waals surface area contributed by atoms with Crippen LogP contribution in [0.4, 0.5) is 0 Å². The second kappa shape index (κ2) is 6.55. The van der Waals surface area contributed by atoms with Crippen LogP contribution in [0.15, 0.2) is 40.1 Å². The molecule has 0 amide bonds. The molecule has 1 aromatic rings. The average Bonchev–Trinajstić information content (AvgIpc) is 2.36. The second-order valence-electron chi connectivity index (χ2n) is 2.92. The van der Waals surface area contributed by atoms with E-state index < -0.39 is 0 Å². The third kappa shape index (κ3) is 3.00. The van der Waals surface area contributed by atoms with E-state index in [4.69, 9.17) is 0 Å². The van der Waals surface area contributed by atoms with E-state index in [0.29, 0.717) is 11.8 Å². The van der Waals surface area contributed by atoms with Gasteiger partial charge in [-0.15, -0.1) is 23.5 Å². The number of Topliss-reactive ketones (excluding diaryl/α,β-unsaturated/α-hetero) is 1. The Morgan fingerprint density at radius 1 is 1.12 bits per heavy atom. The van der Waals surface area contributed by atoms with Gasteiger partial charge < -0.3 is 0 Å². The summed E-state index contributed by atoms with van der Waals surface area (Å²) in [6, 6.07) is 8.83. The van der Waals surface area contributed by atoms with Crippen LogP contribution in [0.3, 0.4) is 0 Å². The van der Waals surface area contributed by atoms with Gasteiger partial charge in [-0.3, -0.25) is 9.59 Å². The van der Waals surface area contributed by atoms with Crippen molar-refractivity contribution in [2.45, 2.75) is 0 Å². The van der Waals surface area contributed by atoms with Crippen LogP contribution in [0.1, 0.15) is 10.4 Å². The third-order valence-electron chi connectivity index (χ3n) is 1.99. The first-order valence-corrected chi connectivity index (χ1v) is 7.06. The fourth-order valence-electron chi connectivity index (χ4n) is 1.24. The first kappa shape index (κ1) is 13.1. The molecule has 2 nitrogen and oxygen atoms in total. The summed E-state index contributed by atoms with van der Waals surface area (Å²) in [4.78, 5) is 23.0. The fourth-order valence-corrected chi connectivity index (χ4v) is 2.63. The summed E-state index contributed by atoms with van der Waals surface area (Å²) in [5, 5.41) is 0. The Morgan fingerprint density at radius 3 is 2.12 bits per heavy atom. The SMILES string of the molecule is CSC(SC)=C(C=O)C(=O)c1ccccc1. The zero-order valence-corrected chi connectivity index (χ0v) is 10.7. The van der Waals surface area contributed by atoms with Gasteiger partial charge in [0.1, 0.15) is 0 Å². The van der Waals surface area contributed by atoms with E-state index in [1.54, 1.807) is 24.3 Å². The average molecular weight is 252 g/mol. The highest BCUT2D eigenvalue weighted by molar-refractivity contribution is 8.21. The van der Waals surface area contributed by atoms with Crippen molar-refractivity contribution >= 4 is 35.6 Å². The Hall–Kier alpha value is -1.00. The molecule has 0 heterocycles. The normalized spacial score (nSPS) is 9.62. The maximum Gasteiger partial charge on any atom is 0.197 e. The van der Waals surface area contributed by atoms with Crippen LogP contribution >= 0.6 is 23.5 Å². The highest BCUT2D eigenvalue weighted by Crippen LogP contribution is 2.28. The molecule has 0 aliphatic rings. The van der Waals surface area contributed by atoms with Gasteiger partial charge in [-0.2, -0.15) is 0 Å². The molecule has 1 aromatic carbocycles. The minimum atomic E-state index is -0.214. The standard InChI is InChI=1S/C12H12O2S2/c1-15-12(16-2)10(8-13)11(14)9-6-4-3-5-7-9/h3-8H,1-2H3. The van der Waals surface area contributed by atoms with Crippen molar-refractivity contribution in [3.63, 3.8) is 0 Å². The molecule has 0 saturated carbocycles. The Balaban J connectivity index is 3.13. The Bertz CT molecular complexity index is 404. The van der Waals surface area contributed by atoms with Gasteiger partial charge in [0.05, 0.1) is 9.81 Å². The molecule has 0 aliphatic carbocycles. The summed E-state index contributed by atoms with van der Waals surface area (Å²) in [5.74, 6) is -0.214. The fraction of sp³-hybridized carbons (Fsp3) is 0.167. The van der Waals surface area contributed by atoms with Crippen molar-refractivity contribution in [1.29, 1.82) is 0 Å². The van der Waals surface area contributed by atoms with Crippen LogP contribution in [-0.4, -0.2) is 24.6 Å². The van der Waals surface area contributed by atoms with Crippen LogP contribution in [0, 0.1) is 0 Å². The lowest BCUT2D eigenvalue weighted by Crippen LogP contribution is -2.06. The van der Waals surface area contributed by atoms with E-state index in [9.17, 15) is 9.59 Å². The van der Waals surface area contributed by atoms with Crippen molar-refractivity contribution in [2.24, 2.45) is 0 Å². The number of rotatable bonds is 5. The molecular formula is C12H12O2S2. The van der Waals surface area contributed by atoms with E-state index in [-0.39, 0.29) is 11.4 Å². The molecule has 0 bridgehead atoms. The lowest BCUT2D eigenvalue weighted by atomic mass is 10.1. The number of carbonyl (C=O) groups excluding carboxylic acids is 2. The van der Waals surface area contributed by atoms with Gasteiger partial charge in [0.15, 0.2) is 12.1 Å². The zero-order chi connectivity index (χ0) is 12.0. The van der Waals surface area contributed by atoms with Crippen molar-refractivity contribution < 1.29 is 9.59 Å². The van der Waals surface area contributed by atoms with E-state index in [1.807, 2.05) is 18.6 Å². The Labute approximate surface area is 104 Å². The largest absolute Gasteiger partial charge is 0.298 e. The molecule has 0 N–H and O–H groups in total. The molecule has 16 heavy (non-hydrogen) atoms. The number of hydrogen-bond acceptors (Lipinski definition) is 4. The smallest absolute Gasteiger partial charge is 0.197 e. The van der Waals surface area contributed by atoms with Gasteiger partial charge in [0.2, 0.25) is 0 Å². The summed E-state index contributed by atoms with van der Waals surface area (Å²) >= 11 is 2.83. The zero-order valence-electron chi connectivity index (χ0n) is 9.10. The number of carbonyl (C=O) groups is 2. The van der Waals surface area contributed by atoms with Crippen molar-refractivity contribution in [3.8, 4) is 0 Å². The molecule has 84 valence electrons. The number of aldehydes is 1. The number of allylic oxidation sites excluding steroid dienone is 1. The van der Waals surface area contributed by atoms with Crippen LogP contribution < -0.4 is 0 Å². The first-order valence-electron chi connectivity index (χ1n) is 4.61. The number of ketones is 1. The quantitative estimate of drug-likeness (QED) is 0.265. The predicted octanol–water partition coefficient (Wildman–Crippen LogP) is 3.01. The predicted molar refractivity (Wildman–Crippen MR) is 70.9 cm³/mol. The molecule has 0 aliphatic heterocycles. The summed E-state index contributed by atoms with van der Waals surface area (Å²) in [6.45, 7) is 0. The highest BCUT2D eigenvalue weighted by atomic mass is 32.2. The van der Waals surface area contributed by atoms with Gasteiger partial charge in [0, 0.05) is 5.56 Å². The summed E-state index contributed by atoms with van der Waals surface area (Å²) < 4.78 is 0.754. The monoisotopic (exact) mass is 252 g/mol. The number of benzene rings is 1. The molecule has 0 radical (unpaired) electrons. The van der Waals surface area contributed by atoms with Crippen molar-refractivity contribution in [2.75, 3.05) is 12.5 Å². The van der Waals surface area contributed by atoms with Crippen LogP contribution in [0.2, 0.25) is 0 Å². The summed E-state index contributed by atoms with van der Waals surface area (Å²) in [6.07, 6.45) is 4.35. The maximum atomic E-state index is 12.0. The van der Waals surface area contributed by atoms with E-state index >= 15 is 0 Å². The summed E-state index contributed by atoms with van der Waals surface area (Å²) in [5.41, 5.74) is 0.788. The Morgan fingerprint density at radius 2 is 1.69 bits per heavy atom. The number of thioether (sulfide) groups is 2. The maximum absolute atomic E-state index is 12.0. The van der Waals surface area contributed by atoms with Crippen LogP contribution in [0.5, 0.6) is 0 Å². The minimum Gasteiger partial charge on any atom is -0.298 e. The van der Waals surface area contributed by atoms with E-state index in [1.165, 1.54) is 23.5 Å². The van der Waals surface area contributed by atoms with Crippen molar-refractivity contribution in [3.05, 3.63) is 45.7 Å². The molecular weight excluding hydrogens is 240 g/mol. The van der Waals surface area contributed by atoms with E-state index in [2.05, 4.69) is 0 Å². The molecule has 4 heteroatoms.